The van der Waals surface area contributed by atoms with Crippen molar-refractivity contribution in [2.24, 2.45) is 5.92 Å². The molecule has 8 heteroatoms. The number of hydrogen-bond acceptors (Lipinski definition) is 4. The van der Waals surface area contributed by atoms with Crippen molar-refractivity contribution in [1.82, 2.24) is 10.6 Å². The first kappa shape index (κ1) is 13.9. The molecule has 0 saturated carbocycles. The van der Waals surface area contributed by atoms with Gasteiger partial charge in [0.15, 0.2) is 0 Å². The highest BCUT2D eigenvalue weighted by Crippen LogP contribution is 2.10. The summed E-state index contributed by atoms with van der Waals surface area (Å²) in [5.41, 5.74) is 0. The molecule has 0 spiro atoms. The number of nitrogens with one attached hydrogen (secondary N) is 2. The Hall–Kier alpha value is -2.12. The summed E-state index contributed by atoms with van der Waals surface area (Å²) in [7, 11) is 0. The molecule has 0 aromatic heterocycles. The Balaban J connectivity index is 2.49. The second kappa shape index (κ2) is 5.99. The molecule has 1 rings (SSSR count). The summed E-state index contributed by atoms with van der Waals surface area (Å²) in [5.74, 6) is -3.82. The molecule has 2 unspecified atom stereocenters. The van der Waals surface area contributed by atoms with E-state index in [2.05, 4.69) is 10.6 Å². The number of carboxylic acid groups (broad SMARTS) is 2. The summed E-state index contributed by atoms with van der Waals surface area (Å²) in [6.45, 7) is 0.177. The van der Waals surface area contributed by atoms with Crippen LogP contribution < -0.4 is 10.6 Å². The Morgan fingerprint density at radius 3 is 2.50 bits per heavy atom. The number of carboxylic acids is 2. The minimum atomic E-state index is -1.29. The van der Waals surface area contributed by atoms with Crippen LogP contribution in [0, 0.1) is 5.92 Å². The maximum absolute atomic E-state index is 11.6. The molecule has 4 N–H and O–H groups in total. The number of amides is 2. The average Bonchev–Trinajstić information content (AvgIpc) is 2.70. The van der Waals surface area contributed by atoms with E-state index in [0.29, 0.717) is 0 Å². The van der Waals surface area contributed by atoms with Crippen LogP contribution in [0.5, 0.6) is 0 Å². The lowest BCUT2D eigenvalue weighted by atomic mass is 10.1. The quantitative estimate of drug-likeness (QED) is 0.461. The first-order valence-electron chi connectivity index (χ1n) is 5.42. The van der Waals surface area contributed by atoms with Crippen LogP contribution in [0.1, 0.15) is 19.3 Å². The molecule has 2 atom stereocenters. The van der Waals surface area contributed by atoms with Crippen LogP contribution in [0.2, 0.25) is 0 Å². The van der Waals surface area contributed by atoms with Gasteiger partial charge in [0.2, 0.25) is 11.8 Å². The Kier molecular flexibility index (Phi) is 4.64. The smallest absolute Gasteiger partial charge is 0.326 e. The minimum absolute atomic E-state index is 0.0249. The lowest BCUT2D eigenvalue weighted by Crippen LogP contribution is -2.44. The number of rotatable bonds is 6. The van der Waals surface area contributed by atoms with E-state index < -0.39 is 29.8 Å². The highest BCUT2D eigenvalue weighted by Gasteiger charge is 2.30. The van der Waals surface area contributed by atoms with Crippen molar-refractivity contribution in [2.75, 3.05) is 6.54 Å². The molecule has 1 fully saturated rings. The van der Waals surface area contributed by atoms with Gasteiger partial charge in [-0.1, -0.05) is 0 Å². The van der Waals surface area contributed by atoms with Gasteiger partial charge in [0, 0.05) is 19.4 Å². The van der Waals surface area contributed by atoms with Crippen molar-refractivity contribution in [3.8, 4) is 0 Å². The van der Waals surface area contributed by atoms with E-state index in [1.165, 1.54) is 0 Å². The zero-order chi connectivity index (χ0) is 13.7. The zero-order valence-electron chi connectivity index (χ0n) is 9.51. The second-order valence-electron chi connectivity index (χ2n) is 4.04. The van der Waals surface area contributed by atoms with Crippen LogP contribution in [0.4, 0.5) is 0 Å². The molecule has 100 valence electrons. The fraction of sp³-hybridized carbons (Fsp3) is 0.600. The number of hydrogen-bond donors (Lipinski definition) is 4. The zero-order valence-corrected chi connectivity index (χ0v) is 9.51. The average molecular weight is 258 g/mol. The molecule has 1 aliphatic heterocycles. The van der Waals surface area contributed by atoms with Gasteiger partial charge in [-0.25, -0.2) is 4.79 Å². The maximum atomic E-state index is 11.6. The molecule has 1 saturated heterocycles. The van der Waals surface area contributed by atoms with Crippen LogP contribution in [0.15, 0.2) is 0 Å². The summed E-state index contributed by atoms with van der Waals surface area (Å²) < 4.78 is 0. The number of aliphatic carboxylic acids is 2. The van der Waals surface area contributed by atoms with E-state index in [9.17, 15) is 19.2 Å². The molecule has 0 aliphatic carbocycles. The van der Waals surface area contributed by atoms with Gasteiger partial charge in [0.1, 0.15) is 6.04 Å². The molecular formula is C10H14N2O6. The van der Waals surface area contributed by atoms with Crippen LogP contribution in [0.25, 0.3) is 0 Å². The molecule has 1 aliphatic rings. The molecular weight excluding hydrogens is 244 g/mol. The third-order valence-electron chi connectivity index (χ3n) is 2.61. The summed E-state index contributed by atoms with van der Waals surface area (Å²) in [5, 5.41) is 22.0. The van der Waals surface area contributed by atoms with Crippen molar-refractivity contribution in [3.63, 3.8) is 0 Å². The number of carbonyl (C=O) groups is 4. The van der Waals surface area contributed by atoms with Crippen molar-refractivity contribution in [3.05, 3.63) is 0 Å². The first-order chi connectivity index (χ1) is 8.40. The van der Waals surface area contributed by atoms with E-state index in [1.54, 1.807) is 0 Å². The minimum Gasteiger partial charge on any atom is -0.481 e. The Morgan fingerprint density at radius 2 is 2.06 bits per heavy atom. The summed E-state index contributed by atoms with van der Waals surface area (Å²) in [6.07, 6.45) is -0.513. The van der Waals surface area contributed by atoms with Crippen molar-refractivity contribution >= 4 is 23.8 Å². The third kappa shape index (κ3) is 4.04. The molecule has 2 amide bonds. The van der Waals surface area contributed by atoms with Gasteiger partial charge >= 0.3 is 11.9 Å². The van der Waals surface area contributed by atoms with Crippen LogP contribution in [-0.2, 0) is 19.2 Å². The van der Waals surface area contributed by atoms with Gasteiger partial charge < -0.3 is 20.8 Å². The summed E-state index contributed by atoms with van der Waals surface area (Å²) in [4.78, 5) is 43.7. The van der Waals surface area contributed by atoms with Gasteiger partial charge in [-0.3, -0.25) is 14.4 Å². The van der Waals surface area contributed by atoms with E-state index in [4.69, 9.17) is 10.2 Å². The molecule has 0 bridgehead atoms. The van der Waals surface area contributed by atoms with Crippen LogP contribution in [-0.4, -0.2) is 46.6 Å². The van der Waals surface area contributed by atoms with E-state index in [1.807, 2.05) is 0 Å². The standard InChI is InChI=1S/C10H14N2O6/c13-7-3-5(4-11-7)9(16)12-6(10(17)18)1-2-8(14)15/h5-6H,1-4H2,(H,11,13)(H,12,16)(H,14,15)(H,17,18). The Labute approximate surface area is 102 Å². The summed E-state index contributed by atoms with van der Waals surface area (Å²) >= 11 is 0. The highest BCUT2D eigenvalue weighted by molar-refractivity contribution is 5.91. The van der Waals surface area contributed by atoms with E-state index >= 15 is 0 Å². The maximum Gasteiger partial charge on any atom is 0.326 e. The number of carbonyl (C=O) groups excluding carboxylic acids is 2. The van der Waals surface area contributed by atoms with Gasteiger partial charge in [-0.2, -0.15) is 0 Å². The predicted molar refractivity (Wildman–Crippen MR) is 57.6 cm³/mol. The summed E-state index contributed by atoms with van der Waals surface area (Å²) in [6, 6.07) is -1.25. The largest absolute Gasteiger partial charge is 0.481 e. The Bertz CT molecular complexity index is 381. The molecule has 0 aromatic rings. The van der Waals surface area contributed by atoms with Gasteiger partial charge in [-0.15, -0.1) is 0 Å². The fourth-order valence-corrected chi connectivity index (χ4v) is 1.61. The normalized spacial score (nSPS) is 20.0. The molecule has 0 radical (unpaired) electrons. The SMILES string of the molecule is O=C(O)CCC(NC(=O)C1CNC(=O)C1)C(=O)O. The molecule has 8 nitrogen and oxygen atoms in total. The van der Waals surface area contributed by atoms with Gasteiger partial charge in [0.05, 0.1) is 5.92 Å². The van der Waals surface area contributed by atoms with Crippen molar-refractivity contribution in [1.29, 1.82) is 0 Å². The third-order valence-corrected chi connectivity index (χ3v) is 2.61. The van der Waals surface area contributed by atoms with Crippen LogP contribution in [0.3, 0.4) is 0 Å². The first-order valence-corrected chi connectivity index (χ1v) is 5.42. The fourth-order valence-electron chi connectivity index (χ4n) is 1.61. The van der Waals surface area contributed by atoms with Crippen molar-refractivity contribution < 1.29 is 29.4 Å². The Morgan fingerprint density at radius 1 is 1.39 bits per heavy atom. The monoisotopic (exact) mass is 258 g/mol. The lowest BCUT2D eigenvalue weighted by molar-refractivity contribution is -0.143. The lowest BCUT2D eigenvalue weighted by Gasteiger charge is -2.15. The van der Waals surface area contributed by atoms with Crippen molar-refractivity contribution in [2.45, 2.75) is 25.3 Å². The highest BCUT2D eigenvalue weighted by atomic mass is 16.4. The van der Waals surface area contributed by atoms with Gasteiger partial charge in [0.25, 0.3) is 0 Å². The van der Waals surface area contributed by atoms with E-state index in [-0.39, 0.29) is 31.7 Å². The molecule has 1 heterocycles. The molecule has 0 aromatic carbocycles. The second-order valence-corrected chi connectivity index (χ2v) is 4.04. The molecule has 18 heavy (non-hydrogen) atoms. The van der Waals surface area contributed by atoms with Crippen LogP contribution >= 0.6 is 0 Å². The topological polar surface area (TPSA) is 133 Å². The van der Waals surface area contributed by atoms with E-state index in [0.717, 1.165) is 0 Å². The van der Waals surface area contributed by atoms with Gasteiger partial charge in [-0.05, 0) is 6.42 Å². The predicted octanol–water partition coefficient (Wildman–Crippen LogP) is -1.44.